The summed E-state index contributed by atoms with van der Waals surface area (Å²) in [4.78, 5) is 25.3. The van der Waals surface area contributed by atoms with Crippen LogP contribution in [-0.4, -0.2) is 67.2 Å². The zero-order valence-electron chi connectivity index (χ0n) is 10.3. The van der Waals surface area contributed by atoms with Gasteiger partial charge in [-0.25, -0.2) is 0 Å². The minimum atomic E-state index is -0.103. The standard InChI is InChI=1S/C11H19N3O3S/c15-10(14-3-5-17-6-4-14)1-2-12-11(16)9-7-18-8-13-9/h9,13H,1-8H2,(H,12,16). The van der Waals surface area contributed by atoms with E-state index in [0.717, 1.165) is 11.6 Å². The summed E-state index contributed by atoms with van der Waals surface area (Å²) in [6.07, 6.45) is 0.367. The molecule has 0 aromatic rings. The van der Waals surface area contributed by atoms with Crippen molar-refractivity contribution in [2.45, 2.75) is 12.5 Å². The summed E-state index contributed by atoms with van der Waals surface area (Å²) in [5, 5.41) is 5.90. The third-order valence-corrected chi connectivity index (χ3v) is 3.97. The summed E-state index contributed by atoms with van der Waals surface area (Å²) in [6.45, 7) is 2.96. The zero-order valence-corrected chi connectivity index (χ0v) is 11.1. The Hall–Kier alpha value is -0.790. The van der Waals surface area contributed by atoms with Crippen molar-refractivity contribution in [2.75, 3.05) is 44.5 Å². The van der Waals surface area contributed by atoms with Gasteiger partial charge in [-0.3, -0.25) is 14.9 Å². The minimum absolute atomic E-state index is 0.00484. The molecule has 1 atom stereocenters. The maximum Gasteiger partial charge on any atom is 0.238 e. The van der Waals surface area contributed by atoms with Gasteiger partial charge in [-0.15, -0.1) is 11.8 Å². The number of carbonyl (C=O) groups is 2. The van der Waals surface area contributed by atoms with Gasteiger partial charge in [-0.05, 0) is 0 Å². The molecule has 0 bridgehead atoms. The molecule has 0 aromatic heterocycles. The van der Waals surface area contributed by atoms with E-state index >= 15 is 0 Å². The second-order valence-electron chi connectivity index (χ2n) is 4.31. The first-order valence-electron chi connectivity index (χ1n) is 6.22. The Morgan fingerprint density at radius 2 is 2.17 bits per heavy atom. The quantitative estimate of drug-likeness (QED) is 0.688. The van der Waals surface area contributed by atoms with Gasteiger partial charge in [0.05, 0.1) is 19.3 Å². The average Bonchev–Trinajstić information content (AvgIpc) is 2.93. The van der Waals surface area contributed by atoms with Gasteiger partial charge in [0, 0.05) is 37.7 Å². The fraction of sp³-hybridized carbons (Fsp3) is 0.818. The Kier molecular flexibility index (Phi) is 5.27. The van der Waals surface area contributed by atoms with Gasteiger partial charge in [0.15, 0.2) is 0 Å². The summed E-state index contributed by atoms with van der Waals surface area (Å²) >= 11 is 1.71. The largest absolute Gasteiger partial charge is 0.378 e. The van der Waals surface area contributed by atoms with Crippen LogP contribution in [0.3, 0.4) is 0 Å². The number of hydrogen-bond acceptors (Lipinski definition) is 5. The number of thioether (sulfide) groups is 1. The van der Waals surface area contributed by atoms with Crippen molar-refractivity contribution in [3.8, 4) is 0 Å². The summed E-state index contributed by atoms with van der Waals surface area (Å²) in [6, 6.07) is -0.103. The smallest absolute Gasteiger partial charge is 0.238 e. The molecule has 2 saturated heterocycles. The van der Waals surface area contributed by atoms with Crippen molar-refractivity contribution in [3.05, 3.63) is 0 Å². The van der Waals surface area contributed by atoms with E-state index in [1.54, 1.807) is 16.7 Å². The van der Waals surface area contributed by atoms with E-state index in [9.17, 15) is 9.59 Å². The molecule has 102 valence electrons. The Morgan fingerprint density at radius 3 is 2.83 bits per heavy atom. The predicted octanol–water partition coefficient (Wildman–Crippen LogP) is -0.986. The number of amides is 2. The number of rotatable bonds is 4. The van der Waals surface area contributed by atoms with E-state index in [1.807, 2.05) is 0 Å². The topological polar surface area (TPSA) is 70.7 Å². The van der Waals surface area contributed by atoms with Gasteiger partial charge >= 0.3 is 0 Å². The summed E-state index contributed by atoms with van der Waals surface area (Å²) in [7, 11) is 0. The number of ether oxygens (including phenoxy) is 1. The fourth-order valence-electron chi connectivity index (χ4n) is 1.95. The van der Waals surface area contributed by atoms with Gasteiger partial charge in [0.2, 0.25) is 11.8 Å². The number of nitrogens with one attached hydrogen (secondary N) is 2. The van der Waals surface area contributed by atoms with Crippen LogP contribution >= 0.6 is 11.8 Å². The molecule has 0 saturated carbocycles. The van der Waals surface area contributed by atoms with Gasteiger partial charge in [-0.1, -0.05) is 0 Å². The summed E-state index contributed by atoms with van der Waals surface area (Å²) in [5.41, 5.74) is 0. The van der Waals surface area contributed by atoms with Crippen molar-refractivity contribution < 1.29 is 14.3 Å². The van der Waals surface area contributed by atoms with Crippen molar-refractivity contribution in [1.82, 2.24) is 15.5 Å². The summed E-state index contributed by atoms with van der Waals surface area (Å²) in [5.74, 6) is 1.72. The maximum absolute atomic E-state index is 11.8. The van der Waals surface area contributed by atoms with Crippen LogP contribution in [0.1, 0.15) is 6.42 Å². The van der Waals surface area contributed by atoms with Crippen LogP contribution in [0.25, 0.3) is 0 Å². The Morgan fingerprint density at radius 1 is 1.39 bits per heavy atom. The third kappa shape index (κ3) is 3.86. The van der Waals surface area contributed by atoms with Crippen molar-refractivity contribution in [2.24, 2.45) is 0 Å². The lowest BCUT2D eigenvalue weighted by molar-refractivity contribution is -0.135. The third-order valence-electron chi connectivity index (χ3n) is 3.03. The molecule has 2 rings (SSSR count). The van der Waals surface area contributed by atoms with E-state index in [-0.39, 0.29) is 17.9 Å². The molecule has 2 fully saturated rings. The zero-order chi connectivity index (χ0) is 12.8. The lowest BCUT2D eigenvalue weighted by atomic mass is 10.3. The molecule has 0 aromatic carbocycles. The van der Waals surface area contributed by atoms with E-state index in [2.05, 4.69) is 10.6 Å². The van der Waals surface area contributed by atoms with Gasteiger partial charge in [0.1, 0.15) is 0 Å². The number of nitrogens with zero attached hydrogens (tertiary/aromatic N) is 1. The molecule has 2 aliphatic rings. The molecule has 2 N–H and O–H groups in total. The highest BCUT2D eigenvalue weighted by molar-refractivity contribution is 7.99. The van der Waals surface area contributed by atoms with Crippen LogP contribution in [0.2, 0.25) is 0 Å². The molecule has 2 heterocycles. The second-order valence-corrected chi connectivity index (χ2v) is 5.34. The number of morpholine rings is 1. The number of hydrogen-bond donors (Lipinski definition) is 2. The van der Waals surface area contributed by atoms with E-state index in [1.165, 1.54) is 0 Å². The highest BCUT2D eigenvalue weighted by Gasteiger charge is 2.22. The molecular weight excluding hydrogens is 254 g/mol. The average molecular weight is 273 g/mol. The Balaban J connectivity index is 1.62. The lowest BCUT2D eigenvalue weighted by Gasteiger charge is -2.26. The van der Waals surface area contributed by atoms with Gasteiger partial charge < -0.3 is 15.0 Å². The Labute approximate surface area is 111 Å². The van der Waals surface area contributed by atoms with Crippen LogP contribution < -0.4 is 10.6 Å². The van der Waals surface area contributed by atoms with Crippen LogP contribution in [0.4, 0.5) is 0 Å². The van der Waals surface area contributed by atoms with Crippen molar-refractivity contribution in [1.29, 1.82) is 0 Å². The van der Waals surface area contributed by atoms with E-state index in [4.69, 9.17) is 4.74 Å². The van der Waals surface area contributed by atoms with Crippen molar-refractivity contribution >= 4 is 23.6 Å². The molecule has 6 nitrogen and oxygen atoms in total. The minimum Gasteiger partial charge on any atom is -0.378 e. The van der Waals surface area contributed by atoms with Crippen LogP contribution in [0, 0.1) is 0 Å². The Bertz CT molecular complexity index is 302. The fourth-order valence-corrected chi connectivity index (χ4v) is 2.89. The van der Waals surface area contributed by atoms with Crippen LogP contribution in [-0.2, 0) is 14.3 Å². The first-order valence-corrected chi connectivity index (χ1v) is 7.37. The normalized spacial score (nSPS) is 24.0. The lowest BCUT2D eigenvalue weighted by Crippen LogP contribution is -2.45. The molecule has 7 heteroatoms. The summed E-state index contributed by atoms with van der Waals surface area (Å²) < 4.78 is 5.19. The SMILES string of the molecule is O=C(NCCC(=O)N1CCOCC1)C1CSCN1. The first-order chi connectivity index (χ1) is 8.77. The van der Waals surface area contributed by atoms with Crippen LogP contribution in [0.15, 0.2) is 0 Å². The highest BCUT2D eigenvalue weighted by atomic mass is 32.2. The predicted molar refractivity (Wildman–Crippen MR) is 69.3 cm³/mol. The molecule has 18 heavy (non-hydrogen) atoms. The molecule has 2 aliphatic heterocycles. The first kappa shape index (κ1) is 13.6. The highest BCUT2D eigenvalue weighted by Crippen LogP contribution is 2.09. The molecule has 0 radical (unpaired) electrons. The molecule has 0 aliphatic carbocycles. The number of carbonyl (C=O) groups excluding carboxylic acids is 2. The second kappa shape index (κ2) is 6.96. The molecule has 2 amide bonds. The van der Waals surface area contributed by atoms with Crippen LogP contribution in [0.5, 0.6) is 0 Å². The molecule has 0 spiro atoms. The van der Waals surface area contributed by atoms with E-state index < -0.39 is 0 Å². The van der Waals surface area contributed by atoms with Gasteiger partial charge in [0.25, 0.3) is 0 Å². The monoisotopic (exact) mass is 273 g/mol. The maximum atomic E-state index is 11.8. The van der Waals surface area contributed by atoms with Crippen molar-refractivity contribution in [3.63, 3.8) is 0 Å². The van der Waals surface area contributed by atoms with Gasteiger partial charge in [-0.2, -0.15) is 0 Å². The molecular formula is C11H19N3O3S. The molecule has 1 unspecified atom stereocenters. The van der Waals surface area contributed by atoms with E-state index in [0.29, 0.717) is 39.3 Å².